The van der Waals surface area contributed by atoms with Crippen LogP contribution < -0.4 is 10.6 Å². The van der Waals surface area contributed by atoms with Crippen molar-refractivity contribution in [3.8, 4) is 0 Å². The molecule has 5 nitrogen and oxygen atoms in total. The molecule has 0 fully saturated rings. The Bertz CT molecular complexity index is 500. The molecule has 21 heavy (non-hydrogen) atoms. The predicted octanol–water partition coefficient (Wildman–Crippen LogP) is 3.23. The molecule has 3 N–H and O–H groups in total. The molecule has 1 unspecified atom stereocenters. The number of carboxylic acid groups (broad SMARTS) is 1. The third-order valence-corrected chi connectivity index (χ3v) is 3.49. The van der Waals surface area contributed by atoms with Crippen LogP contribution in [0.4, 0.5) is 19.3 Å². The maximum atomic E-state index is 12.4. The number of benzene rings is 1. The Kier molecular flexibility index (Phi) is 6.93. The van der Waals surface area contributed by atoms with Crippen molar-refractivity contribution in [2.75, 3.05) is 11.9 Å². The van der Waals surface area contributed by atoms with Crippen LogP contribution in [0.2, 0.25) is 0 Å². The fourth-order valence-electron chi connectivity index (χ4n) is 1.56. The maximum absolute atomic E-state index is 12.4. The first kappa shape index (κ1) is 17.2. The first-order chi connectivity index (χ1) is 9.93. The van der Waals surface area contributed by atoms with Gasteiger partial charge in [0.1, 0.15) is 0 Å². The lowest BCUT2D eigenvalue weighted by atomic mass is 10.1. The topological polar surface area (TPSA) is 78.4 Å². The van der Waals surface area contributed by atoms with Gasteiger partial charge in [-0.05, 0) is 18.6 Å². The number of para-hydroxylation sites is 1. The maximum Gasteiger partial charge on any atom is 0.319 e. The average molecular weight is 318 g/mol. The molecule has 1 aromatic carbocycles. The third kappa shape index (κ3) is 5.99. The first-order valence-corrected chi connectivity index (χ1v) is 7.13. The summed E-state index contributed by atoms with van der Waals surface area (Å²) in [6.45, 7) is 1.68. The molecule has 1 aromatic rings. The predicted molar refractivity (Wildman–Crippen MR) is 76.7 cm³/mol. The van der Waals surface area contributed by atoms with E-state index in [1.807, 2.05) is 0 Å². The minimum absolute atomic E-state index is 0.0260. The highest BCUT2D eigenvalue weighted by atomic mass is 32.2. The van der Waals surface area contributed by atoms with Crippen LogP contribution in [0.5, 0.6) is 0 Å². The number of halogens is 2. The quantitative estimate of drug-likeness (QED) is 0.674. The standard InChI is InChI=1S/C13H16F2N2O3S/c1-2-8(11(18)19)7-16-13(20)17-9-5-3-4-6-10(9)21-12(14)15/h3-6,8,12H,2,7H2,1H3,(H,18,19)(H2,16,17,20). The number of carboxylic acids is 1. The van der Waals surface area contributed by atoms with Crippen LogP contribution in [0, 0.1) is 5.92 Å². The number of urea groups is 1. The number of hydrogen-bond donors (Lipinski definition) is 3. The summed E-state index contributed by atoms with van der Waals surface area (Å²) in [6, 6.07) is 5.54. The molecular weight excluding hydrogens is 302 g/mol. The molecule has 116 valence electrons. The van der Waals surface area contributed by atoms with Gasteiger partial charge in [-0.1, -0.05) is 30.8 Å². The number of amides is 2. The Morgan fingerprint density at radius 1 is 1.33 bits per heavy atom. The van der Waals surface area contributed by atoms with Crippen LogP contribution in [0.3, 0.4) is 0 Å². The van der Waals surface area contributed by atoms with Gasteiger partial charge in [0.15, 0.2) is 0 Å². The molecule has 0 aromatic heterocycles. The zero-order valence-electron chi connectivity index (χ0n) is 11.3. The zero-order chi connectivity index (χ0) is 15.8. The number of anilines is 1. The van der Waals surface area contributed by atoms with Gasteiger partial charge in [0.05, 0.1) is 11.6 Å². The lowest BCUT2D eigenvalue weighted by Crippen LogP contribution is -2.35. The van der Waals surface area contributed by atoms with Gasteiger partial charge < -0.3 is 15.7 Å². The van der Waals surface area contributed by atoms with Crippen LogP contribution >= 0.6 is 11.8 Å². The minimum atomic E-state index is -2.59. The average Bonchev–Trinajstić information content (AvgIpc) is 2.40. The molecule has 0 aliphatic heterocycles. The Hall–Kier alpha value is -1.83. The number of carbonyl (C=O) groups excluding carboxylic acids is 1. The molecule has 2 amide bonds. The molecule has 8 heteroatoms. The van der Waals surface area contributed by atoms with Gasteiger partial charge in [-0.25, -0.2) is 4.79 Å². The molecule has 0 aliphatic rings. The van der Waals surface area contributed by atoms with Crippen molar-refractivity contribution < 1.29 is 23.5 Å². The van der Waals surface area contributed by atoms with E-state index in [4.69, 9.17) is 5.11 Å². The summed E-state index contributed by atoms with van der Waals surface area (Å²) >= 11 is 0.331. The fourth-order valence-corrected chi connectivity index (χ4v) is 2.15. The van der Waals surface area contributed by atoms with E-state index in [1.54, 1.807) is 19.1 Å². The fraction of sp³-hybridized carbons (Fsp3) is 0.385. The van der Waals surface area contributed by atoms with Crippen molar-refractivity contribution >= 4 is 29.4 Å². The molecule has 1 rings (SSSR count). The largest absolute Gasteiger partial charge is 0.481 e. The smallest absolute Gasteiger partial charge is 0.319 e. The second-order valence-corrected chi connectivity index (χ2v) is 5.18. The third-order valence-electron chi connectivity index (χ3n) is 2.70. The van der Waals surface area contributed by atoms with E-state index in [0.29, 0.717) is 18.2 Å². The Labute approximate surface area is 125 Å². The van der Waals surface area contributed by atoms with Crippen LogP contribution in [0.1, 0.15) is 13.3 Å². The Morgan fingerprint density at radius 3 is 2.57 bits per heavy atom. The van der Waals surface area contributed by atoms with Crippen molar-refractivity contribution in [2.45, 2.75) is 24.0 Å². The summed E-state index contributed by atoms with van der Waals surface area (Å²) in [5, 5.41) is 13.7. The van der Waals surface area contributed by atoms with E-state index in [1.165, 1.54) is 12.1 Å². The van der Waals surface area contributed by atoms with Gasteiger partial charge in [-0.15, -0.1) is 0 Å². The highest BCUT2D eigenvalue weighted by molar-refractivity contribution is 7.99. The lowest BCUT2D eigenvalue weighted by molar-refractivity contribution is -0.141. The summed E-state index contributed by atoms with van der Waals surface area (Å²) in [4.78, 5) is 22.7. The monoisotopic (exact) mass is 318 g/mol. The molecule has 0 heterocycles. The van der Waals surface area contributed by atoms with Gasteiger partial charge in [0.2, 0.25) is 0 Å². The highest BCUT2D eigenvalue weighted by Gasteiger charge is 2.16. The van der Waals surface area contributed by atoms with Gasteiger partial charge in [-0.2, -0.15) is 8.78 Å². The molecular formula is C13H16F2N2O3S. The molecule has 0 spiro atoms. The van der Waals surface area contributed by atoms with Gasteiger partial charge >= 0.3 is 12.0 Å². The molecule has 0 aliphatic carbocycles. The first-order valence-electron chi connectivity index (χ1n) is 6.25. The minimum Gasteiger partial charge on any atom is -0.481 e. The van der Waals surface area contributed by atoms with E-state index < -0.39 is 23.7 Å². The van der Waals surface area contributed by atoms with E-state index in [2.05, 4.69) is 10.6 Å². The number of alkyl halides is 2. The van der Waals surface area contributed by atoms with Crippen molar-refractivity contribution in [3.05, 3.63) is 24.3 Å². The van der Waals surface area contributed by atoms with Crippen LogP contribution in [0.25, 0.3) is 0 Å². The van der Waals surface area contributed by atoms with E-state index >= 15 is 0 Å². The Morgan fingerprint density at radius 2 is 2.00 bits per heavy atom. The van der Waals surface area contributed by atoms with Crippen molar-refractivity contribution in [1.82, 2.24) is 5.32 Å². The van der Waals surface area contributed by atoms with Crippen molar-refractivity contribution in [2.24, 2.45) is 5.92 Å². The number of nitrogens with one attached hydrogen (secondary N) is 2. The highest BCUT2D eigenvalue weighted by Crippen LogP contribution is 2.31. The molecule has 0 radical (unpaired) electrons. The number of rotatable bonds is 7. The van der Waals surface area contributed by atoms with Gasteiger partial charge in [0, 0.05) is 11.4 Å². The SMILES string of the molecule is CCC(CNC(=O)Nc1ccccc1SC(F)F)C(=O)O. The van der Waals surface area contributed by atoms with Gasteiger partial charge in [-0.3, -0.25) is 4.79 Å². The second kappa shape index (κ2) is 8.46. The lowest BCUT2D eigenvalue weighted by Gasteiger charge is -2.13. The Balaban J connectivity index is 2.60. The summed E-state index contributed by atoms with van der Waals surface area (Å²) in [5.41, 5.74) is 0.253. The van der Waals surface area contributed by atoms with E-state index in [9.17, 15) is 18.4 Å². The second-order valence-electron chi connectivity index (χ2n) is 4.15. The molecule has 0 saturated heterocycles. The summed E-state index contributed by atoms with van der Waals surface area (Å²) in [6.07, 6.45) is 0.382. The molecule has 1 atom stereocenters. The summed E-state index contributed by atoms with van der Waals surface area (Å²) in [7, 11) is 0. The number of aliphatic carboxylic acids is 1. The van der Waals surface area contributed by atoms with Crippen molar-refractivity contribution in [1.29, 1.82) is 0 Å². The number of carbonyl (C=O) groups is 2. The van der Waals surface area contributed by atoms with Crippen LogP contribution in [-0.2, 0) is 4.79 Å². The molecule has 0 saturated carbocycles. The van der Waals surface area contributed by atoms with E-state index in [0.717, 1.165) is 0 Å². The molecule has 0 bridgehead atoms. The van der Waals surface area contributed by atoms with Gasteiger partial charge in [0.25, 0.3) is 5.76 Å². The van der Waals surface area contributed by atoms with Crippen LogP contribution in [0.15, 0.2) is 29.2 Å². The van der Waals surface area contributed by atoms with Crippen LogP contribution in [-0.4, -0.2) is 29.4 Å². The summed E-state index contributed by atoms with van der Waals surface area (Å²) < 4.78 is 24.8. The number of hydrogen-bond acceptors (Lipinski definition) is 3. The summed E-state index contributed by atoms with van der Waals surface area (Å²) in [5.74, 6) is -4.26. The normalized spacial score (nSPS) is 12.0. The van der Waals surface area contributed by atoms with Crippen molar-refractivity contribution in [3.63, 3.8) is 0 Å². The number of thioether (sulfide) groups is 1. The zero-order valence-corrected chi connectivity index (χ0v) is 12.1. The van der Waals surface area contributed by atoms with E-state index in [-0.39, 0.29) is 17.1 Å².